The minimum absolute atomic E-state index is 0. The average Bonchev–Trinajstić information content (AvgIpc) is 2.63. The number of nitrogens with zero attached hydrogens (tertiary/aromatic N) is 1. The quantitative estimate of drug-likeness (QED) is 0.900. The van der Waals surface area contributed by atoms with Crippen LogP contribution in [-0.2, 0) is 11.2 Å². The second-order valence-corrected chi connectivity index (χ2v) is 6.82. The van der Waals surface area contributed by atoms with Crippen LogP contribution in [0, 0.1) is 5.92 Å². The molecule has 0 aliphatic carbocycles. The van der Waals surface area contributed by atoms with E-state index in [1.807, 2.05) is 23.1 Å². The van der Waals surface area contributed by atoms with Crippen LogP contribution in [0.3, 0.4) is 0 Å². The first-order valence-electron chi connectivity index (χ1n) is 8.81. The molecule has 0 radical (unpaired) electrons. The Morgan fingerprint density at radius 1 is 1.04 bits per heavy atom. The molecular weight excluding hydrogens is 332 g/mol. The minimum Gasteiger partial charge on any atom is -0.342 e. The van der Waals surface area contributed by atoms with Crippen LogP contribution in [0.5, 0.6) is 0 Å². The summed E-state index contributed by atoms with van der Waals surface area (Å²) in [6, 6.07) is 18.9. The first-order chi connectivity index (χ1) is 11.6. The molecule has 134 valence electrons. The van der Waals surface area contributed by atoms with Gasteiger partial charge in [-0.1, -0.05) is 54.6 Å². The lowest BCUT2D eigenvalue weighted by atomic mass is 9.90. The van der Waals surface area contributed by atoms with Gasteiger partial charge in [-0.05, 0) is 42.4 Å². The van der Waals surface area contributed by atoms with Gasteiger partial charge in [-0.15, -0.1) is 12.4 Å². The Hall–Kier alpha value is -1.84. The largest absolute Gasteiger partial charge is 0.342 e. The molecule has 0 aromatic heterocycles. The van der Waals surface area contributed by atoms with E-state index in [1.165, 1.54) is 11.1 Å². The summed E-state index contributed by atoms with van der Waals surface area (Å²) in [6.07, 6.45) is 2.53. The van der Waals surface area contributed by atoms with Crippen LogP contribution >= 0.6 is 12.4 Å². The number of benzene rings is 2. The van der Waals surface area contributed by atoms with Gasteiger partial charge in [0.2, 0.25) is 5.91 Å². The lowest BCUT2D eigenvalue weighted by molar-refractivity contribution is -0.131. The van der Waals surface area contributed by atoms with E-state index in [-0.39, 0.29) is 24.4 Å². The monoisotopic (exact) mass is 358 g/mol. The number of piperidine rings is 1. The maximum atomic E-state index is 12.5. The Labute approximate surface area is 156 Å². The Morgan fingerprint density at radius 2 is 1.60 bits per heavy atom. The molecule has 2 N–H and O–H groups in total. The van der Waals surface area contributed by atoms with Crippen molar-refractivity contribution in [1.82, 2.24) is 4.90 Å². The SMILES string of the molecule is CC(N)C1CCN(C(=O)Cc2ccc(-c3ccccc3)cc2)CC1.Cl. The van der Waals surface area contributed by atoms with Gasteiger partial charge in [0.15, 0.2) is 0 Å². The lowest BCUT2D eigenvalue weighted by Crippen LogP contribution is -2.43. The second-order valence-electron chi connectivity index (χ2n) is 6.82. The summed E-state index contributed by atoms with van der Waals surface area (Å²) in [5.41, 5.74) is 9.44. The molecule has 25 heavy (non-hydrogen) atoms. The summed E-state index contributed by atoms with van der Waals surface area (Å²) < 4.78 is 0. The van der Waals surface area contributed by atoms with Crippen molar-refractivity contribution >= 4 is 18.3 Å². The molecule has 1 aliphatic rings. The number of halogens is 1. The fourth-order valence-corrected chi connectivity index (χ4v) is 3.41. The van der Waals surface area contributed by atoms with Crippen LogP contribution < -0.4 is 5.73 Å². The van der Waals surface area contributed by atoms with Gasteiger partial charge >= 0.3 is 0 Å². The molecule has 1 fully saturated rings. The summed E-state index contributed by atoms with van der Waals surface area (Å²) >= 11 is 0. The van der Waals surface area contributed by atoms with Crippen LogP contribution in [0.25, 0.3) is 11.1 Å². The van der Waals surface area contributed by atoms with Crippen LogP contribution in [0.4, 0.5) is 0 Å². The van der Waals surface area contributed by atoms with Gasteiger partial charge in [0, 0.05) is 19.1 Å². The van der Waals surface area contributed by atoms with E-state index in [1.54, 1.807) is 0 Å². The number of rotatable bonds is 4. The maximum Gasteiger partial charge on any atom is 0.226 e. The van der Waals surface area contributed by atoms with Crippen molar-refractivity contribution in [2.24, 2.45) is 11.7 Å². The summed E-state index contributed by atoms with van der Waals surface area (Å²) in [7, 11) is 0. The predicted molar refractivity (Wildman–Crippen MR) is 106 cm³/mol. The fourth-order valence-electron chi connectivity index (χ4n) is 3.41. The molecule has 0 spiro atoms. The summed E-state index contributed by atoms with van der Waals surface area (Å²) in [5.74, 6) is 0.782. The lowest BCUT2D eigenvalue weighted by Gasteiger charge is -2.33. The first-order valence-corrected chi connectivity index (χ1v) is 8.81. The van der Waals surface area contributed by atoms with Crippen LogP contribution in [-0.4, -0.2) is 29.9 Å². The molecule has 0 bridgehead atoms. The fraction of sp³-hybridized carbons (Fsp3) is 0.381. The number of hydrogen-bond donors (Lipinski definition) is 1. The predicted octanol–water partition coefficient (Wildman–Crippen LogP) is 3.90. The Morgan fingerprint density at radius 3 is 2.16 bits per heavy atom. The third-order valence-corrected chi connectivity index (χ3v) is 5.05. The van der Waals surface area contributed by atoms with E-state index in [0.29, 0.717) is 12.3 Å². The number of likely N-dealkylation sites (tertiary alicyclic amines) is 1. The van der Waals surface area contributed by atoms with Crippen molar-refractivity contribution < 1.29 is 4.79 Å². The van der Waals surface area contributed by atoms with Crippen LogP contribution in [0.2, 0.25) is 0 Å². The van der Waals surface area contributed by atoms with Gasteiger partial charge in [0.25, 0.3) is 0 Å². The molecule has 2 aromatic carbocycles. The molecule has 1 heterocycles. The van der Waals surface area contributed by atoms with Crippen molar-refractivity contribution in [1.29, 1.82) is 0 Å². The maximum absolute atomic E-state index is 12.5. The Kier molecular flexibility index (Phi) is 7.03. The highest BCUT2D eigenvalue weighted by Gasteiger charge is 2.24. The third kappa shape index (κ3) is 5.07. The summed E-state index contributed by atoms with van der Waals surface area (Å²) in [5, 5.41) is 0. The van der Waals surface area contributed by atoms with Crippen molar-refractivity contribution in [2.45, 2.75) is 32.2 Å². The second kappa shape index (κ2) is 9.02. The molecular formula is C21H27ClN2O. The molecule has 1 amide bonds. The third-order valence-electron chi connectivity index (χ3n) is 5.05. The topological polar surface area (TPSA) is 46.3 Å². The van der Waals surface area contributed by atoms with Crippen molar-refractivity contribution in [3.63, 3.8) is 0 Å². The highest BCUT2D eigenvalue weighted by molar-refractivity contribution is 5.85. The number of carbonyl (C=O) groups is 1. The van der Waals surface area contributed by atoms with Crippen molar-refractivity contribution in [2.75, 3.05) is 13.1 Å². The molecule has 1 saturated heterocycles. The Balaban J connectivity index is 0.00000225. The zero-order chi connectivity index (χ0) is 16.9. The number of hydrogen-bond acceptors (Lipinski definition) is 2. The molecule has 1 unspecified atom stereocenters. The van der Waals surface area contributed by atoms with Gasteiger partial charge in [-0.3, -0.25) is 4.79 Å². The van der Waals surface area contributed by atoms with E-state index in [2.05, 4.69) is 43.3 Å². The normalized spacial score (nSPS) is 16.2. The minimum atomic E-state index is 0. The average molecular weight is 359 g/mol. The Bertz CT molecular complexity index is 662. The molecule has 2 aromatic rings. The number of carbonyl (C=O) groups excluding carboxylic acids is 1. The molecule has 4 heteroatoms. The molecule has 0 saturated carbocycles. The molecule has 3 nitrogen and oxygen atoms in total. The highest BCUT2D eigenvalue weighted by Crippen LogP contribution is 2.22. The van der Waals surface area contributed by atoms with Gasteiger partial charge in [-0.2, -0.15) is 0 Å². The van der Waals surface area contributed by atoms with Gasteiger partial charge in [0.05, 0.1) is 6.42 Å². The zero-order valence-electron chi connectivity index (χ0n) is 14.7. The van der Waals surface area contributed by atoms with E-state index < -0.39 is 0 Å². The van der Waals surface area contributed by atoms with Gasteiger partial charge in [0.1, 0.15) is 0 Å². The number of amides is 1. The van der Waals surface area contributed by atoms with E-state index in [4.69, 9.17) is 5.73 Å². The van der Waals surface area contributed by atoms with E-state index in [9.17, 15) is 4.79 Å². The molecule has 1 aliphatic heterocycles. The first kappa shape index (κ1) is 19.5. The standard InChI is InChI=1S/C21H26N2O.ClH/c1-16(22)18-11-13-23(14-12-18)21(24)15-17-7-9-20(10-8-17)19-5-3-2-4-6-19;/h2-10,16,18H,11-15,22H2,1H3;1H. The summed E-state index contributed by atoms with van der Waals surface area (Å²) in [4.78, 5) is 14.5. The highest BCUT2D eigenvalue weighted by atomic mass is 35.5. The molecule has 3 rings (SSSR count). The van der Waals surface area contributed by atoms with Gasteiger partial charge in [-0.25, -0.2) is 0 Å². The van der Waals surface area contributed by atoms with Crippen molar-refractivity contribution in [3.05, 3.63) is 60.2 Å². The molecule has 1 atom stereocenters. The van der Waals surface area contributed by atoms with Gasteiger partial charge < -0.3 is 10.6 Å². The van der Waals surface area contributed by atoms with E-state index in [0.717, 1.165) is 31.5 Å². The smallest absolute Gasteiger partial charge is 0.226 e. The van der Waals surface area contributed by atoms with Crippen molar-refractivity contribution in [3.8, 4) is 11.1 Å². The zero-order valence-corrected chi connectivity index (χ0v) is 15.5. The summed E-state index contributed by atoms with van der Waals surface area (Å²) in [6.45, 7) is 3.75. The number of nitrogens with two attached hydrogens (primary N) is 1. The van der Waals surface area contributed by atoms with Crippen LogP contribution in [0.1, 0.15) is 25.3 Å². The van der Waals surface area contributed by atoms with Crippen LogP contribution in [0.15, 0.2) is 54.6 Å². The van der Waals surface area contributed by atoms with E-state index >= 15 is 0 Å².